The van der Waals surface area contributed by atoms with E-state index in [1.807, 2.05) is 6.92 Å². The molecule has 0 atom stereocenters. The molecule has 136 valence electrons. The van der Waals surface area contributed by atoms with Crippen molar-refractivity contribution in [1.82, 2.24) is 0 Å². The fourth-order valence-electron chi connectivity index (χ4n) is 2.17. The maximum absolute atomic E-state index is 12.2. The summed E-state index contributed by atoms with van der Waals surface area (Å²) in [5, 5.41) is 3.04. The summed E-state index contributed by atoms with van der Waals surface area (Å²) in [4.78, 5) is 35.8. The van der Waals surface area contributed by atoms with E-state index in [1.165, 1.54) is 12.1 Å². The van der Waals surface area contributed by atoms with Gasteiger partial charge in [-0.3, -0.25) is 9.59 Å². The van der Waals surface area contributed by atoms with E-state index < -0.39 is 12.6 Å². The number of benzene rings is 2. The maximum atomic E-state index is 12.2. The number of carbonyl (C=O) groups is 3. The highest BCUT2D eigenvalue weighted by Gasteiger charge is 2.17. The lowest BCUT2D eigenvalue weighted by Crippen LogP contribution is -2.15. The van der Waals surface area contributed by atoms with Crippen molar-refractivity contribution in [2.45, 2.75) is 19.8 Å². The van der Waals surface area contributed by atoms with Crippen LogP contribution in [0.4, 0.5) is 5.69 Å². The molecular weight excluding hydrogens is 377 g/mol. The van der Waals surface area contributed by atoms with Crippen LogP contribution >= 0.6 is 23.2 Å². The van der Waals surface area contributed by atoms with Crippen LogP contribution in [0.2, 0.25) is 10.0 Å². The summed E-state index contributed by atoms with van der Waals surface area (Å²) in [6, 6.07) is 11.0. The molecule has 2 aromatic rings. The number of halogens is 2. The molecule has 7 heteroatoms. The van der Waals surface area contributed by atoms with E-state index in [-0.39, 0.29) is 27.3 Å². The number of ketones is 1. The van der Waals surface area contributed by atoms with Crippen LogP contribution in [-0.2, 0) is 9.53 Å². The molecule has 26 heavy (non-hydrogen) atoms. The molecule has 0 saturated heterocycles. The molecule has 2 rings (SSSR count). The van der Waals surface area contributed by atoms with Gasteiger partial charge in [0.25, 0.3) is 0 Å². The summed E-state index contributed by atoms with van der Waals surface area (Å²) >= 11 is 11.9. The van der Waals surface area contributed by atoms with Gasteiger partial charge in [-0.15, -0.1) is 0 Å². The number of rotatable bonds is 7. The molecule has 0 unspecified atom stereocenters. The van der Waals surface area contributed by atoms with Gasteiger partial charge >= 0.3 is 5.97 Å². The monoisotopic (exact) mass is 393 g/mol. The Morgan fingerprint density at radius 3 is 2.19 bits per heavy atom. The molecule has 0 heterocycles. The van der Waals surface area contributed by atoms with Gasteiger partial charge in [0.2, 0.25) is 5.91 Å². The van der Waals surface area contributed by atoms with E-state index in [1.54, 1.807) is 30.3 Å². The van der Waals surface area contributed by atoms with Crippen LogP contribution in [0.25, 0.3) is 0 Å². The normalized spacial score (nSPS) is 10.3. The lowest BCUT2D eigenvalue weighted by Gasteiger charge is -2.08. The highest BCUT2D eigenvalue weighted by molar-refractivity contribution is 6.39. The molecule has 5 nitrogen and oxygen atoms in total. The van der Waals surface area contributed by atoms with E-state index in [9.17, 15) is 14.4 Å². The molecule has 1 N–H and O–H groups in total. The summed E-state index contributed by atoms with van der Waals surface area (Å²) in [5.74, 6) is -1.23. The van der Waals surface area contributed by atoms with Crippen molar-refractivity contribution in [3.05, 3.63) is 63.6 Å². The number of anilines is 1. The minimum atomic E-state index is -0.766. The smallest absolute Gasteiger partial charge is 0.341 e. The zero-order chi connectivity index (χ0) is 19.1. The van der Waals surface area contributed by atoms with Crippen molar-refractivity contribution in [2.24, 2.45) is 0 Å². The first kappa shape index (κ1) is 19.9. The zero-order valence-electron chi connectivity index (χ0n) is 14.1. The van der Waals surface area contributed by atoms with Gasteiger partial charge in [0.1, 0.15) is 0 Å². The van der Waals surface area contributed by atoms with E-state index in [2.05, 4.69) is 5.32 Å². The van der Waals surface area contributed by atoms with Gasteiger partial charge in [-0.1, -0.05) is 36.2 Å². The van der Waals surface area contributed by atoms with Gasteiger partial charge in [-0.2, -0.15) is 0 Å². The molecule has 0 bridgehead atoms. The number of esters is 1. The topological polar surface area (TPSA) is 72.5 Å². The molecular formula is C19H17Cl2NO4. The SMILES string of the molecule is CCCC(=O)Nc1ccc(C(=O)COC(=O)c2c(Cl)cccc2Cl)cc1. The van der Waals surface area contributed by atoms with Gasteiger partial charge in [-0.25, -0.2) is 4.79 Å². The standard InChI is InChI=1S/C19H17Cl2NO4/c1-2-4-17(24)22-13-9-7-12(8-10-13)16(23)11-26-19(25)18-14(20)5-3-6-15(18)21/h3,5-10H,2,4,11H2,1H3,(H,22,24). The van der Waals surface area contributed by atoms with Crippen molar-refractivity contribution in [3.8, 4) is 0 Å². The fourth-order valence-corrected chi connectivity index (χ4v) is 2.72. The first-order valence-corrected chi connectivity index (χ1v) is 8.72. The summed E-state index contributed by atoms with van der Waals surface area (Å²) in [6.45, 7) is 1.47. The molecule has 0 aliphatic heterocycles. The third-order valence-corrected chi connectivity index (χ3v) is 4.10. The number of amides is 1. The number of hydrogen-bond donors (Lipinski definition) is 1. The third kappa shape index (κ3) is 5.31. The predicted molar refractivity (Wildman–Crippen MR) is 101 cm³/mol. The quantitative estimate of drug-likeness (QED) is 0.542. The lowest BCUT2D eigenvalue weighted by atomic mass is 10.1. The molecule has 2 aromatic carbocycles. The second kappa shape index (κ2) is 9.36. The summed E-state index contributed by atoms with van der Waals surface area (Å²) < 4.78 is 5.01. The van der Waals surface area contributed by atoms with Crippen LogP contribution in [0.1, 0.15) is 40.5 Å². The maximum Gasteiger partial charge on any atom is 0.341 e. The Morgan fingerprint density at radius 1 is 1.00 bits per heavy atom. The molecule has 0 aliphatic carbocycles. The molecule has 0 aliphatic rings. The molecule has 0 aromatic heterocycles. The van der Waals surface area contributed by atoms with Gasteiger partial charge < -0.3 is 10.1 Å². The Morgan fingerprint density at radius 2 is 1.62 bits per heavy atom. The summed E-state index contributed by atoms with van der Waals surface area (Å²) in [5.41, 5.74) is 0.981. The second-order valence-electron chi connectivity index (χ2n) is 5.47. The van der Waals surface area contributed by atoms with Gasteiger partial charge in [0, 0.05) is 17.7 Å². The van der Waals surface area contributed by atoms with Crippen LogP contribution in [0.5, 0.6) is 0 Å². The van der Waals surface area contributed by atoms with Gasteiger partial charge in [-0.05, 0) is 42.8 Å². The number of ether oxygens (including phenoxy) is 1. The van der Waals surface area contributed by atoms with Crippen LogP contribution in [0.15, 0.2) is 42.5 Å². The minimum Gasteiger partial charge on any atom is -0.454 e. The Balaban J connectivity index is 1.95. The molecule has 0 fully saturated rings. The first-order valence-electron chi connectivity index (χ1n) is 7.96. The highest BCUT2D eigenvalue weighted by atomic mass is 35.5. The predicted octanol–water partition coefficient (Wildman–Crippen LogP) is 4.77. The summed E-state index contributed by atoms with van der Waals surface area (Å²) in [7, 11) is 0. The Labute approximate surface area is 161 Å². The van der Waals surface area contributed by atoms with Crippen LogP contribution < -0.4 is 5.32 Å². The van der Waals surface area contributed by atoms with Crippen LogP contribution in [0, 0.1) is 0 Å². The highest BCUT2D eigenvalue weighted by Crippen LogP contribution is 2.25. The van der Waals surface area contributed by atoms with E-state index in [4.69, 9.17) is 27.9 Å². The van der Waals surface area contributed by atoms with E-state index in [0.29, 0.717) is 17.7 Å². The Kier molecular flexibility index (Phi) is 7.18. The fraction of sp³-hybridized carbons (Fsp3) is 0.211. The number of hydrogen-bond acceptors (Lipinski definition) is 4. The van der Waals surface area contributed by atoms with Crippen LogP contribution in [0.3, 0.4) is 0 Å². The number of nitrogens with one attached hydrogen (secondary N) is 1. The van der Waals surface area contributed by atoms with E-state index in [0.717, 1.165) is 6.42 Å². The second-order valence-corrected chi connectivity index (χ2v) is 6.29. The van der Waals surface area contributed by atoms with Gasteiger partial charge in [0.05, 0.1) is 15.6 Å². The average molecular weight is 394 g/mol. The molecule has 0 saturated carbocycles. The number of carbonyl (C=O) groups excluding carboxylic acids is 3. The molecule has 0 spiro atoms. The average Bonchev–Trinajstić information content (AvgIpc) is 2.60. The molecule has 0 radical (unpaired) electrons. The van der Waals surface area contributed by atoms with Crippen LogP contribution in [-0.4, -0.2) is 24.3 Å². The van der Waals surface area contributed by atoms with Crippen molar-refractivity contribution >= 4 is 46.5 Å². The van der Waals surface area contributed by atoms with Crippen molar-refractivity contribution in [1.29, 1.82) is 0 Å². The minimum absolute atomic E-state index is 0.0256. The Hall–Kier alpha value is -2.37. The third-order valence-electron chi connectivity index (χ3n) is 3.47. The summed E-state index contributed by atoms with van der Waals surface area (Å²) in [6.07, 6.45) is 1.18. The number of Topliss-reactive ketones (excluding diaryl/α,β-unsaturated/α-hetero) is 1. The van der Waals surface area contributed by atoms with E-state index >= 15 is 0 Å². The van der Waals surface area contributed by atoms with Gasteiger partial charge in [0.15, 0.2) is 12.4 Å². The molecule has 1 amide bonds. The zero-order valence-corrected chi connectivity index (χ0v) is 15.6. The lowest BCUT2D eigenvalue weighted by molar-refractivity contribution is -0.116. The van der Waals surface area contributed by atoms with Crippen molar-refractivity contribution < 1.29 is 19.1 Å². The largest absolute Gasteiger partial charge is 0.454 e. The first-order chi connectivity index (χ1) is 12.4. The Bertz CT molecular complexity index is 799. The van der Waals surface area contributed by atoms with Crippen molar-refractivity contribution in [3.63, 3.8) is 0 Å². The van der Waals surface area contributed by atoms with Crippen molar-refractivity contribution in [2.75, 3.05) is 11.9 Å².